The Hall–Kier alpha value is -0.830. The average molecular weight is 169 g/mol. The van der Waals surface area contributed by atoms with Crippen molar-refractivity contribution in [2.75, 3.05) is 13.1 Å². The van der Waals surface area contributed by atoms with Crippen molar-refractivity contribution >= 4 is 5.97 Å². The molecule has 0 aromatic carbocycles. The van der Waals surface area contributed by atoms with E-state index in [0.29, 0.717) is 6.04 Å². The fourth-order valence-electron chi connectivity index (χ4n) is 1.18. The molecule has 0 amide bonds. The van der Waals surface area contributed by atoms with Crippen LogP contribution in [0, 0.1) is 0 Å². The van der Waals surface area contributed by atoms with Crippen LogP contribution in [0.2, 0.25) is 0 Å². The number of likely N-dealkylation sites (tertiary alicyclic amines) is 1. The van der Waals surface area contributed by atoms with Gasteiger partial charge in [0.25, 0.3) is 0 Å². The molecule has 3 nitrogen and oxygen atoms in total. The van der Waals surface area contributed by atoms with E-state index in [1.54, 1.807) is 0 Å². The van der Waals surface area contributed by atoms with Crippen LogP contribution >= 0.6 is 0 Å². The summed E-state index contributed by atoms with van der Waals surface area (Å²) in [6.45, 7) is 9.32. The van der Waals surface area contributed by atoms with E-state index in [1.165, 1.54) is 6.08 Å². The Bertz CT molecular complexity index is 183. The zero-order valence-electron chi connectivity index (χ0n) is 7.62. The number of hydrogen-bond acceptors (Lipinski definition) is 3. The highest BCUT2D eigenvalue weighted by atomic mass is 16.5. The molecule has 1 aliphatic rings. The molecule has 1 rings (SSSR count). The third-order valence-electron chi connectivity index (χ3n) is 2.06. The van der Waals surface area contributed by atoms with Crippen molar-refractivity contribution in [3.8, 4) is 0 Å². The first-order valence-electron chi connectivity index (χ1n) is 4.20. The standard InChI is InChI=1S/C9H15NO2/c1-4-9(11)12-8-5-10(6-8)7(2)3/h4,7-8H,1,5-6H2,2-3H3. The number of carbonyl (C=O) groups is 1. The Balaban J connectivity index is 2.17. The molecular formula is C9H15NO2. The number of carbonyl (C=O) groups excluding carboxylic acids is 1. The molecule has 0 aromatic heterocycles. The van der Waals surface area contributed by atoms with Crippen LogP contribution in [0.15, 0.2) is 12.7 Å². The van der Waals surface area contributed by atoms with Crippen molar-refractivity contribution in [2.45, 2.75) is 26.0 Å². The zero-order valence-corrected chi connectivity index (χ0v) is 7.62. The number of rotatable bonds is 3. The fraction of sp³-hybridized carbons (Fsp3) is 0.667. The van der Waals surface area contributed by atoms with E-state index in [1.807, 2.05) is 0 Å². The van der Waals surface area contributed by atoms with Gasteiger partial charge < -0.3 is 4.74 Å². The summed E-state index contributed by atoms with van der Waals surface area (Å²) in [4.78, 5) is 13.0. The molecule has 1 aliphatic heterocycles. The molecule has 0 radical (unpaired) electrons. The van der Waals surface area contributed by atoms with Gasteiger partial charge in [-0.15, -0.1) is 0 Å². The van der Waals surface area contributed by atoms with Gasteiger partial charge in [0.2, 0.25) is 0 Å². The second kappa shape index (κ2) is 3.72. The van der Waals surface area contributed by atoms with Gasteiger partial charge in [0.05, 0.1) is 0 Å². The Morgan fingerprint density at radius 2 is 2.25 bits per heavy atom. The minimum absolute atomic E-state index is 0.0814. The van der Waals surface area contributed by atoms with Crippen molar-refractivity contribution in [3.05, 3.63) is 12.7 Å². The van der Waals surface area contributed by atoms with E-state index in [-0.39, 0.29) is 12.1 Å². The second-order valence-corrected chi connectivity index (χ2v) is 3.31. The van der Waals surface area contributed by atoms with Crippen molar-refractivity contribution in [2.24, 2.45) is 0 Å². The summed E-state index contributed by atoms with van der Waals surface area (Å²) in [7, 11) is 0. The Kier molecular flexibility index (Phi) is 2.87. The summed E-state index contributed by atoms with van der Waals surface area (Å²) in [5, 5.41) is 0. The van der Waals surface area contributed by atoms with Crippen LogP contribution in [0.5, 0.6) is 0 Å². The second-order valence-electron chi connectivity index (χ2n) is 3.31. The lowest BCUT2D eigenvalue weighted by atomic mass is 10.1. The molecule has 0 atom stereocenters. The van der Waals surface area contributed by atoms with Crippen LogP contribution in [0.1, 0.15) is 13.8 Å². The Morgan fingerprint density at radius 1 is 1.67 bits per heavy atom. The van der Waals surface area contributed by atoms with Gasteiger partial charge in [-0.2, -0.15) is 0 Å². The smallest absolute Gasteiger partial charge is 0.330 e. The zero-order chi connectivity index (χ0) is 9.14. The van der Waals surface area contributed by atoms with Crippen LogP contribution in [-0.4, -0.2) is 36.1 Å². The van der Waals surface area contributed by atoms with E-state index in [9.17, 15) is 4.79 Å². The Morgan fingerprint density at radius 3 is 2.67 bits per heavy atom. The first-order chi connectivity index (χ1) is 5.63. The first kappa shape index (κ1) is 9.26. The van der Waals surface area contributed by atoms with Gasteiger partial charge in [-0.1, -0.05) is 6.58 Å². The largest absolute Gasteiger partial charge is 0.456 e. The molecule has 1 heterocycles. The van der Waals surface area contributed by atoms with Crippen LogP contribution in [0.25, 0.3) is 0 Å². The molecular weight excluding hydrogens is 154 g/mol. The molecule has 0 aromatic rings. The normalized spacial score (nSPS) is 18.9. The van der Waals surface area contributed by atoms with Gasteiger partial charge in [0.1, 0.15) is 6.10 Å². The fourth-order valence-corrected chi connectivity index (χ4v) is 1.18. The molecule has 0 bridgehead atoms. The minimum Gasteiger partial charge on any atom is -0.456 e. The van der Waals surface area contributed by atoms with Crippen molar-refractivity contribution in [1.82, 2.24) is 4.90 Å². The van der Waals surface area contributed by atoms with E-state index < -0.39 is 0 Å². The van der Waals surface area contributed by atoms with Gasteiger partial charge in [-0.25, -0.2) is 4.79 Å². The van der Waals surface area contributed by atoms with Gasteiger partial charge in [0, 0.05) is 25.2 Å². The van der Waals surface area contributed by atoms with Gasteiger partial charge >= 0.3 is 5.97 Å². The molecule has 0 unspecified atom stereocenters. The highest BCUT2D eigenvalue weighted by Gasteiger charge is 2.30. The molecule has 0 aliphatic carbocycles. The topological polar surface area (TPSA) is 29.5 Å². The molecule has 1 saturated heterocycles. The molecule has 0 saturated carbocycles. The third kappa shape index (κ3) is 2.08. The van der Waals surface area contributed by atoms with Crippen molar-refractivity contribution in [1.29, 1.82) is 0 Å². The Labute approximate surface area is 73.0 Å². The average Bonchev–Trinajstić information content (AvgIpc) is 1.94. The third-order valence-corrected chi connectivity index (χ3v) is 2.06. The number of ether oxygens (including phenoxy) is 1. The molecule has 68 valence electrons. The quantitative estimate of drug-likeness (QED) is 0.462. The van der Waals surface area contributed by atoms with E-state index >= 15 is 0 Å². The summed E-state index contributed by atoms with van der Waals surface area (Å²) in [6.07, 6.45) is 1.29. The van der Waals surface area contributed by atoms with Gasteiger partial charge in [0.15, 0.2) is 0 Å². The van der Waals surface area contributed by atoms with E-state index in [2.05, 4.69) is 25.3 Å². The molecule has 12 heavy (non-hydrogen) atoms. The lowest BCUT2D eigenvalue weighted by Gasteiger charge is -2.40. The van der Waals surface area contributed by atoms with E-state index in [4.69, 9.17) is 4.74 Å². The van der Waals surface area contributed by atoms with Gasteiger partial charge in [-0.05, 0) is 13.8 Å². The number of esters is 1. The van der Waals surface area contributed by atoms with Crippen molar-refractivity contribution < 1.29 is 9.53 Å². The summed E-state index contributed by atoms with van der Waals surface area (Å²) < 4.78 is 5.02. The highest BCUT2D eigenvalue weighted by molar-refractivity contribution is 5.81. The monoisotopic (exact) mass is 169 g/mol. The molecule has 0 spiro atoms. The van der Waals surface area contributed by atoms with E-state index in [0.717, 1.165) is 13.1 Å². The van der Waals surface area contributed by atoms with Crippen molar-refractivity contribution in [3.63, 3.8) is 0 Å². The summed E-state index contributed by atoms with van der Waals surface area (Å²) in [5.74, 6) is -0.316. The molecule has 1 fully saturated rings. The molecule has 0 N–H and O–H groups in total. The summed E-state index contributed by atoms with van der Waals surface area (Å²) in [5.41, 5.74) is 0. The lowest BCUT2D eigenvalue weighted by Crippen LogP contribution is -2.55. The van der Waals surface area contributed by atoms with Crippen LogP contribution in [0.4, 0.5) is 0 Å². The number of nitrogens with zero attached hydrogens (tertiary/aromatic N) is 1. The summed E-state index contributed by atoms with van der Waals surface area (Å²) >= 11 is 0. The maximum absolute atomic E-state index is 10.7. The first-order valence-corrected chi connectivity index (χ1v) is 4.20. The SMILES string of the molecule is C=CC(=O)OC1CN(C(C)C)C1. The van der Waals surface area contributed by atoms with Gasteiger partial charge in [-0.3, -0.25) is 4.90 Å². The summed E-state index contributed by atoms with van der Waals surface area (Å²) in [6, 6.07) is 0.545. The highest BCUT2D eigenvalue weighted by Crippen LogP contribution is 2.14. The predicted octanol–water partition coefficient (Wildman–Crippen LogP) is 0.808. The minimum atomic E-state index is -0.316. The predicted molar refractivity (Wildman–Crippen MR) is 46.8 cm³/mol. The maximum Gasteiger partial charge on any atom is 0.330 e. The lowest BCUT2D eigenvalue weighted by molar-refractivity contribution is -0.152. The molecule has 3 heteroatoms. The van der Waals surface area contributed by atoms with Crippen LogP contribution in [-0.2, 0) is 9.53 Å². The maximum atomic E-state index is 10.7. The van der Waals surface area contributed by atoms with Crippen LogP contribution < -0.4 is 0 Å². The van der Waals surface area contributed by atoms with Crippen LogP contribution in [0.3, 0.4) is 0 Å². The number of hydrogen-bond donors (Lipinski definition) is 0.